The third kappa shape index (κ3) is 2.39. The van der Waals surface area contributed by atoms with E-state index in [9.17, 15) is 4.79 Å². The summed E-state index contributed by atoms with van der Waals surface area (Å²) in [5.74, 6) is 0.0678. The van der Waals surface area contributed by atoms with E-state index in [0.717, 1.165) is 5.69 Å². The number of anilines is 2. The maximum absolute atomic E-state index is 11.8. The molecule has 0 aliphatic carbocycles. The van der Waals surface area contributed by atoms with Gasteiger partial charge in [0.15, 0.2) is 0 Å². The van der Waals surface area contributed by atoms with E-state index < -0.39 is 0 Å². The molecule has 2 aromatic rings. The Labute approximate surface area is 97.9 Å². The van der Waals surface area contributed by atoms with Crippen LogP contribution in [0.25, 0.3) is 0 Å². The largest absolute Gasteiger partial charge is 0.387 e. The lowest BCUT2D eigenvalue weighted by atomic mass is 10.3. The van der Waals surface area contributed by atoms with E-state index in [1.165, 1.54) is 11.0 Å². The van der Waals surface area contributed by atoms with Crippen LogP contribution < -0.4 is 10.6 Å². The molecule has 7 nitrogen and oxygen atoms in total. The quantitative estimate of drug-likeness (QED) is 0.805. The van der Waals surface area contributed by atoms with Gasteiger partial charge in [0, 0.05) is 14.1 Å². The van der Waals surface area contributed by atoms with Gasteiger partial charge in [0.2, 0.25) is 5.95 Å². The highest BCUT2D eigenvalue weighted by Gasteiger charge is 2.10. The molecule has 2 heterocycles. The standard InChI is InChI=1S/C10H12N6O/c1-11-7-3-4-8(12-5-7)9(17)15-10-13-6-14-16(10)2/h3-6,11H,1-2H3,(H,13,14,15,17). The summed E-state index contributed by atoms with van der Waals surface area (Å²) in [6, 6.07) is 3.41. The number of carbonyl (C=O) groups excluding carboxylic acids is 1. The van der Waals surface area contributed by atoms with E-state index in [1.54, 1.807) is 32.4 Å². The summed E-state index contributed by atoms with van der Waals surface area (Å²) in [5, 5.41) is 9.39. The lowest BCUT2D eigenvalue weighted by Crippen LogP contribution is -2.16. The Morgan fingerprint density at radius 3 is 2.71 bits per heavy atom. The first-order valence-electron chi connectivity index (χ1n) is 5.00. The van der Waals surface area contributed by atoms with Crippen molar-refractivity contribution in [2.45, 2.75) is 0 Å². The van der Waals surface area contributed by atoms with E-state index in [0.29, 0.717) is 11.6 Å². The number of nitrogens with one attached hydrogen (secondary N) is 2. The summed E-state index contributed by atoms with van der Waals surface area (Å²) < 4.78 is 1.47. The van der Waals surface area contributed by atoms with Gasteiger partial charge in [-0.1, -0.05) is 0 Å². The highest BCUT2D eigenvalue weighted by molar-refractivity contribution is 6.01. The van der Waals surface area contributed by atoms with E-state index in [2.05, 4.69) is 25.7 Å². The Balaban J connectivity index is 2.12. The second kappa shape index (κ2) is 4.60. The van der Waals surface area contributed by atoms with Gasteiger partial charge in [0.05, 0.1) is 11.9 Å². The first-order chi connectivity index (χ1) is 8.20. The monoisotopic (exact) mass is 232 g/mol. The summed E-state index contributed by atoms with van der Waals surface area (Å²) >= 11 is 0. The molecule has 17 heavy (non-hydrogen) atoms. The van der Waals surface area contributed by atoms with Crippen LogP contribution in [0.1, 0.15) is 10.5 Å². The molecule has 0 saturated carbocycles. The smallest absolute Gasteiger partial charge is 0.276 e. The molecule has 0 unspecified atom stereocenters. The maximum Gasteiger partial charge on any atom is 0.276 e. The van der Waals surface area contributed by atoms with Crippen LogP contribution >= 0.6 is 0 Å². The van der Waals surface area contributed by atoms with Crippen LogP contribution in [0.15, 0.2) is 24.7 Å². The number of hydrogen-bond acceptors (Lipinski definition) is 5. The molecule has 0 fully saturated rings. The molecular weight excluding hydrogens is 220 g/mol. The molecule has 2 N–H and O–H groups in total. The van der Waals surface area contributed by atoms with Crippen LogP contribution in [0.2, 0.25) is 0 Å². The van der Waals surface area contributed by atoms with Gasteiger partial charge in [-0.3, -0.25) is 10.1 Å². The molecule has 0 radical (unpaired) electrons. The summed E-state index contributed by atoms with van der Waals surface area (Å²) in [6.07, 6.45) is 2.96. The normalized spacial score (nSPS) is 10.0. The first kappa shape index (κ1) is 11.1. The van der Waals surface area contributed by atoms with Crippen molar-refractivity contribution in [2.75, 3.05) is 17.7 Å². The predicted molar refractivity (Wildman–Crippen MR) is 62.7 cm³/mol. The predicted octanol–water partition coefficient (Wildman–Crippen LogP) is 0.504. The van der Waals surface area contributed by atoms with Gasteiger partial charge >= 0.3 is 0 Å². The maximum atomic E-state index is 11.8. The lowest BCUT2D eigenvalue weighted by molar-refractivity contribution is 0.102. The van der Waals surface area contributed by atoms with Gasteiger partial charge in [-0.05, 0) is 12.1 Å². The SMILES string of the molecule is CNc1ccc(C(=O)Nc2ncnn2C)nc1. The fraction of sp³-hybridized carbons (Fsp3) is 0.200. The number of aromatic nitrogens is 4. The molecule has 2 rings (SSSR count). The number of aryl methyl sites for hydroxylation is 1. The van der Waals surface area contributed by atoms with Crippen LogP contribution in [-0.4, -0.2) is 32.7 Å². The molecule has 1 amide bonds. The zero-order valence-electron chi connectivity index (χ0n) is 9.51. The average molecular weight is 232 g/mol. The molecule has 0 atom stereocenters. The van der Waals surface area contributed by atoms with E-state index in [-0.39, 0.29) is 5.91 Å². The number of nitrogens with zero attached hydrogens (tertiary/aromatic N) is 4. The van der Waals surface area contributed by atoms with Gasteiger partial charge < -0.3 is 5.32 Å². The average Bonchev–Trinajstić information content (AvgIpc) is 2.75. The van der Waals surface area contributed by atoms with Crippen molar-refractivity contribution in [3.63, 3.8) is 0 Å². The number of hydrogen-bond donors (Lipinski definition) is 2. The van der Waals surface area contributed by atoms with Crippen LogP contribution in [0.3, 0.4) is 0 Å². The molecule has 0 aliphatic rings. The van der Waals surface area contributed by atoms with E-state index in [1.807, 2.05) is 0 Å². The topological polar surface area (TPSA) is 84.7 Å². The van der Waals surface area contributed by atoms with E-state index >= 15 is 0 Å². The van der Waals surface area contributed by atoms with Crippen molar-refractivity contribution in [1.29, 1.82) is 0 Å². The molecule has 0 saturated heterocycles. The summed E-state index contributed by atoms with van der Waals surface area (Å²) in [4.78, 5) is 19.7. The Hall–Kier alpha value is -2.44. The third-order valence-corrected chi connectivity index (χ3v) is 2.22. The van der Waals surface area contributed by atoms with Crippen molar-refractivity contribution in [3.8, 4) is 0 Å². The molecule has 0 aromatic carbocycles. The van der Waals surface area contributed by atoms with Crippen molar-refractivity contribution < 1.29 is 4.79 Å². The minimum atomic E-state index is -0.316. The number of pyridine rings is 1. The molecule has 2 aromatic heterocycles. The van der Waals surface area contributed by atoms with Crippen LogP contribution in [0, 0.1) is 0 Å². The molecule has 7 heteroatoms. The summed E-state index contributed by atoms with van der Waals surface area (Å²) in [5.41, 5.74) is 1.17. The van der Waals surface area contributed by atoms with Gasteiger partial charge in [0.1, 0.15) is 12.0 Å². The van der Waals surface area contributed by atoms with E-state index in [4.69, 9.17) is 0 Å². The summed E-state index contributed by atoms with van der Waals surface area (Å²) in [6.45, 7) is 0. The third-order valence-electron chi connectivity index (χ3n) is 2.22. The fourth-order valence-electron chi connectivity index (χ4n) is 1.25. The fourth-order valence-corrected chi connectivity index (χ4v) is 1.25. The number of amides is 1. The van der Waals surface area contributed by atoms with Crippen LogP contribution in [0.4, 0.5) is 11.6 Å². The minimum Gasteiger partial charge on any atom is -0.387 e. The van der Waals surface area contributed by atoms with Gasteiger partial charge in [0.25, 0.3) is 5.91 Å². The van der Waals surface area contributed by atoms with Gasteiger partial charge in [-0.15, -0.1) is 0 Å². The van der Waals surface area contributed by atoms with Gasteiger partial charge in [-0.2, -0.15) is 10.1 Å². The van der Waals surface area contributed by atoms with Crippen molar-refractivity contribution >= 4 is 17.5 Å². The Morgan fingerprint density at radius 2 is 2.18 bits per heavy atom. The highest BCUT2D eigenvalue weighted by Crippen LogP contribution is 2.07. The van der Waals surface area contributed by atoms with Crippen molar-refractivity contribution in [1.82, 2.24) is 19.7 Å². The molecule has 88 valence electrons. The summed E-state index contributed by atoms with van der Waals surface area (Å²) in [7, 11) is 3.48. The lowest BCUT2D eigenvalue weighted by Gasteiger charge is -2.04. The van der Waals surface area contributed by atoms with Gasteiger partial charge in [-0.25, -0.2) is 9.67 Å². The minimum absolute atomic E-state index is 0.316. The molecule has 0 spiro atoms. The second-order valence-corrected chi connectivity index (χ2v) is 3.34. The Kier molecular flexibility index (Phi) is 2.99. The molecule has 0 bridgehead atoms. The highest BCUT2D eigenvalue weighted by atomic mass is 16.2. The van der Waals surface area contributed by atoms with Crippen LogP contribution in [-0.2, 0) is 7.05 Å². The number of rotatable bonds is 3. The number of carbonyl (C=O) groups is 1. The first-order valence-corrected chi connectivity index (χ1v) is 5.00. The second-order valence-electron chi connectivity index (χ2n) is 3.34. The van der Waals surface area contributed by atoms with Crippen molar-refractivity contribution in [2.24, 2.45) is 7.05 Å². The van der Waals surface area contributed by atoms with Crippen LogP contribution in [0.5, 0.6) is 0 Å². The molecular formula is C10H12N6O. The van der Waals surface area contributed by atoms with Crippen molar-refractivity contribution in [3.05, 3.63) is 30.4 Å². The molecule has 0 aliphatic heterocycles. The zero-order valence-corrected chi connectivity index (χ0v) is 9.51. The Bertz CT molecular complexity index is 518. The Morgan fingerprint density at radius 1 is 1.35 bits per heavy atom. The zero-order chi connectivity index (χ0) is 12.3.